The van der Waals surface area contributed by atoms with Crippen LogP contribution in [-0.4, -0.2) is 24.8 Å². The van der Waals surface area contributed by atoms with Crippen molar-refractivity contribution in [1.29, 1.82) is 0 Å². The van der Waals surface area contributed by atoms with Crippen LogP contribution in [0.15, 0.2) is 30.5 Å². The van der Waals surface area contributed by atoms with Crippen LogP contribution in [0.25, 0.3) is 10.9 Å². The Labute approximate surface area is 95.8 Å². The molecule has 3 heteroatoms. The summed E-state index contributed by atoms with van der Waals surface area (Å²) < 4.78 is 7.36. The number of hydrogen-bond donors (Lipinski definition) is 1. The lowest BCUT2D eigenvalue weighted by atomic mass is 10.1. The van der Waals surface area contributed by atoms with Crippen LogP contribution in [0.5, 0.6) is 0 Å². The van der Waals surface area contributed by atoms with Crippen molar-refractivity contribution in [2.75, 3.05) is 20.3 Å². The standard InChI is InChI=1S/C13H18N2O/c1-16-10-9-15-8-6-12-4-2-3-11(5-7-14)13(12)15/h2-4,6,8H,5,7,9-10,14H2,1H3. The van der Waals surface area contributed by atoms with E-state index >= 15 is 0 Å². The highest BCUT2D eigenvalue weighted by atomic mass is 16.5. The molecule has 16 heavy (non-hydrogen) atoms. The van der Waals surface area contributed by atoms with Gasteiger partial charge in [-0.25, -0.2) is 0 Å². The first kappa shape index (κ1) is 11.2. The van der Waals surface area contributed by atoms with Gasteiger partial charge in [0.1, 0.15) is 0 Å². The SMILES string of the molecule is COCCn1ccc2cccc(CCN)c21. The van der Waals surface area contributed by atoms with Crippen molar-refractivity contribution in [2.24, 2.45) is 5.73 Å². The number of para-hydroxylation sites is 1. The second-order valence-corrected chi connectivity index (χ2v) is 3.90. The molecule has 0 unspecified atom stereocenters. The van der Waals surface area contributed by atoms with Crippen LogP contribution in [-0.2, 0) is 17.7 Å². The van der Waals surface area contributed by atoms with Crippen molar-refractivity contribution in [3.63, 3.8) is 0 Å². The number of hydrogen-bond acceptors (Lipinski definition) is 2. The number of ether oxygens (including phenoxy) is 1. The molecule has 0 bridgehead atoms. The Morgan fingerprint density at radius 2 is 2.19 bits per heavy atom. The fraction of sp³-hybridized carbons (Fsp3) is 0.385. The Hall–Kier alpha value is -1.32. The van der Waals surface area contributed by atoms with Gasteiger partial charge in [0, 0.05) is 19.9 Å². The van der Waals surface area contributed by atoms with E-state index in [0.29, 0.717) is 6.54 Å². The molecule has 1 aromatic heterocycles. The number of methoxy groups -OCH3 is 1. The van der Waals surface area contributed by atoms with E-state index in [1.807, 2.05) is 0 Å². The molecule has 0 radical (unpaired) electrons. The topological polar surface area (TPSA) is 40.2 Å². The minimum atomic E-state index is 0.689. The summed E-state index contributed by atoms with van der Waals surface area (Å²) in [5.41, 5.74) is 8.25. The second-order valence-electron chi connectivity index (χ2n) is 3.90. The lowest BCUT2D eigenvalue weighted by Gasteiger charge is -2.08. The molecule has 0 aliphatic rings. The van der Waals surface area contributed by atoms with Gasteiger partial charge < -0.3 is 15.0 Å². The average molecular weight is 218 g/mol. The first-order valence-corrected chi connectivity index (χ1v) is 5.62. The van der Waals surface area contributed by atoms with Gasteiger partial charge in [-0.1, -0.05) is 18.2 Å². The third-order valence-electron chi connectivity index (χ3n) is 2.82. The Morgan fingerprint density at radius 3 is 2.94 bits per heavy atom. The number of fused-ring (bicyclic) bond motifs is 1. The average Bonchev–Trinajstić information content (AvgIpc) is 2.71. The van der Waals surface area contributed by atoms with E-state index < -0.39 is 0 Å². The molecular weight excluding hydrogens is 200 g/mol. The summed E-state index contributed by atoms with van der Waals surface area (Å²) in [4.78, 5) is 0. The molecule has 0 atom stereocenters. The fourth-order valence-corrected chi connectivity index (χ4v) is 2.07. The van der Waals surface area contributed by atoms with Crippen LogP contribution < -0.4 is 5.73 Å². The molecule has 0 fully saturated rings. The van der Waals surface area contributed by atoms with Gasteiger partial charge in [0.05, 0.1) is 12.1 Å². The van der Waals surface area contributed by atoms with Gasteiger partial charge in [0.25, 0.3) is 0 Å². The van der Waals surface area contributed by atoms with Crippen LogP contribution in [0.1, 0.15) is 5.56 Å². The van der Waals surface area contributed by atoms with Crippen molar-refractivity contribution in [3.8, 4) is 0 Å². The third kappa shape index (κ3) is 2.10. The van der Waals surface area contributed by atoms with Crippen molar-refractivity contribution in [3.05, 3.63) is 36.0 Å². The predicted molar refractivity (Wildman–Crippen MR) is 66.6 cm³/mol. The summed E-state index contributed by atoms with van der Waals surface area (Å²) in [5, 5.41) is 1.28. The van der Waals surface area contributed by atoms with E-state index in [2.05, 4.69) is 35.0 Å². The Bertz CT molecular complexity index is 462. The smallest absolute Gasteiger partial charge is 0.0641 e. The zero-order valence-electron chi connectivity index (χ0n) is 9.65. The molecule has 3 nitrogen and oxygen atoms in total. The summed E-state index contributed by atoms with van der Waals surface area (Å²) >= 11 is 0. The normalized spacial score (nSPS) is 11.1. The second kappa shape index (κ2) is 5.14. The highest BCUT2D eigenvalue weighted by Crippen LogP contribution is 2.20. The lowest BCUT2D eigenvalue weighted by Crippen LogP contribution is -2.07. The maximum absolute atomic E-state index is 5.64. The van der Waals surface area contributed by atoms with Crippen LogP contribution >= 0.6 is 0 Å². The first-order chi connectivity index (χ1) is 7.86. The van der Waals surface area contributed by atoms with Gasteiger partial charge in [-0.3, -0.25) is 0 Å². The molecule has 0 amide bonds. The molecule has 0 saturated carbocycles. The summed E-state index contributed by atoms with van der Waals surface area (Å²) in [7, 11) is 1.73. The molecule has 2 rings (SSSR count). The zero-order valence-corrected chi connectivity index (χ0v) is 9.65. The summed E-state index contributed by atoms with van der Waals surface area (Å²) in [6.45, 7) is 2.32. The highest BCUT2D eigenvalue weighted by molar-refractivity contribution is 5.83. The maximum atomic E-state index is 5.64. The van der Waals surface area contributed by atoms with Crippen molar-refractivity contribution in [1.82, 2.24) is 4.57 Å². The van der Waals surface area contributed by atoms with E-state index in [-0.39, 0.29) is 0 Å². The molecular formula is C13H18N2O. The number of aromatic nitrogens is 1. The predicted octanol–water partition coefficient (Wildman–Crippen LogP) is 1.79. The fourth-order valence-electron chi connectivity index (χ4n) is 2.07. The Balaban J connectivity index is 2.41. The van der Waals surface area contributed by atoms with Crippen molar-refractivity contribution in [2.45, 2.75) is 13.0 Å². The largest absolute Gasteiger partial charge is 0.383 e. The summed E-state index contributed by atoms with van der Waals surface area (Å²) in [6, 6.07) is 8.52. The molecule has 1 heterocycles. The molecule has 2 aromatic rings. The zero-order chi connectivity index (χ0) is 11.4. The van der Waals surface area contributed by atoms with Crippen molar-refractivity contribution < 1.29 is 4.74 Å². The number of rotatable bonds is 5. The minimum Gasteiger partial charge on any atom is -0.383 e. The summed E-state index contributed by atoms with van der Waals surface area (Å²) in [6.07, 6.45) is 3.04. The Morgan fingerprint density at radius 1 is 1.31 bits per heavy atom. The van der Waals surface area contributed by atoms with E-state index in [1.165, 1.54) is 16.5 Å². The molecule has 0 aliphatic heterocycles. The summed E-state index contributed by atoms with van der Waals surface area (Å²) in [5.74, 6) is 0. The first-order valence-electron chi connectivity index (χ1n) is 5.62. The van der Waals surface area contributed by atoms with Gasteiger partial charge in [0.15, 0.2) is 0 Å². The maximum Gasteiger partial charge on any atom is 0.0641 e. The monoisotopic (exact) mass is 218 g/mol. The van der Waals surface area contributed by atoms with Gasteiger partial charge in [-0.05, 0) is 30.0 Å². The number of nitrogens with zero attached hydrogens (tertiary/aromatic N) is 1. The van der Waals surface area contributed by atoms with E-state index in [9.17, 15) is 0 Å². The number of benzene rings is 1. The van der Waals surface area contributed by atoms with E-state index in [0.717, 1.165) is 19.6 Å². The lowest BCUT2D eigenvalue weighted by molar-refractivity contribution is 0.188. The van der Waals surface area contributed by atoms with Crippen LogP contribution in [0.2, 0.25) is 0 Å². The van der Waals surface area contributed by atoms with Crippen molar-refractivity contribution >= 4 is 10.9 Å². The molecule has 0 aliphatic carbocycles. The van der Waals surface area contributed by atoms with Crippen LogP contribution in [0, 0.1) is 0 Å². The quantitative estimate of drug-likeness (QED) is 0.831. The third-order valence-corrected chi connectivity index (χ3v) is 2.82. The molecule has 0 saturated heterocycles. The molecule has 2 N–H and O–H groups in total. The Kier molecular flexibility index (Phi) is 3.59. The van der Waals surface area contributed by atoms with E-state index in [1.54, 1.807) is 7.11 Å². The minimum absolute atomic E-state index is 0.689. The van der Waals surface area contributed by atoms with Crippen LogP contribution in [0.4, 0.5) is 0 Å². The van der Waals surface area contributed by atoms with Gasteiger partial charge >= 0.3 is 0 Å². The highest BCUT2D eigenvalue weighted by Gasteiger charge is 2.05. The van der Waals surface area contributed by atoms with Gasteiger partial charge in [0.2, 0.25) is 0 Å². The van der Waals surface area contributed by atoms with E-state index in [4.69, 9.17) is 10.5 Å². The van der Waals surface area contributed by atoms with Crippen LogP contribution in [0.3, 0.4) is 0 Å². The molecule has 86 valence electrons. The van der Waals surface area contributed by atoms with Gasteiger partial charge in [-0.15, -0.1) is 0 Å². The van der Waals surface area contributed by atoms with Gasteiger partial charge in [-0.2, -0.15) is 0 Å². The number of nitrogens with two attached hydrogens (primary N) is 1. The molecule has 1 aromatic carbocycles. The molecule has 0 spiro atoms.